The van der Waals surface area contributed by atoms with Crippen molar-refractivity contribution in [3.05, 3.63) is 40.9 Å². The highest BCUT2D eigenvalue weighted by Gasteiger charge is 2.18. The highest BCUT2D eigenvalue weighted by atomic mass is 35.5. The number of hydrogen-bond donors (Lipinski definition) is 1. The predicted octanol–water partition coefficient (Wildman–Crippen LogP) is 3.41. The monoisotopic (exact) mass is 239 g/mol. The number of benzene rings is 1. The molecule has 0 radical (unpaired) electrons. The molecule has 0 fully saturated rings. The minimum Gasteiger partial charge on any atom is -0.377 e. The van der Waals surface area contributed by atoms with Crippen LogP contribution in [-0.2, 0) is 0 Å². The first-order valence-electron chi connectivity index (χ1n) is 3.90. The first-order valence-corrected chi connectivity index (χ1v) is 4.33. The summed E-state index contributed by atoms with van der Waals surface area (Å²) in [6.45, 7) is -0.0414. The largest absolute Gasteiger partial charge is 0.377 e. The number of rotatable bonds is 3. The second-order valence-corrected chi connectivity index (χ2v) is 2.84. The summed E-state index contributed by atoms with van der Waals surface area (Å²) in [6, 6.07) is 0.146. The average Bonchev–Trinajstić information content (AvgIpc) is 2.20. The smallest absolute Gasteiger partial charge is 0.185 e. The Morgan fingerprint density at radius 1 is 1.13 bits per heavy atom. The van der Waals surface area contributed by atoms with E-state index < -0.39 is 29.0 Å². The Morgan fingerprint density at radius 2 is 1.67 bits per heavy atom. The van der Waals surface area contributed by atoms with Gasteiger partial charge >= 0.3 is 0 Å². The van der Waals surface area contributed by atoms with Gasteiger partial charge in [0, 0.05) is 18.1 Å². The Balaban J connectivity index is 3.04. The molecule has 6 heteroatoms. The molecular formula is C9H6ClF4N. The Kier molecular flexibility index (Phi) is 3.96. The number of halogens is 5. The van der Waals surface area contributed by atoms with Crippen molar-refractivity contribution < 1.29 is 17.6 Å². The lowest BCUT2D eigenvalue weighted by atomic mass is 10.2. The highest BCUT2D eigenvalue weighted by molar-refractivity contribution is 6.25. The van der Waals surface area contributed by atoms with Gasteiger partial charge in [-0.1, -0.05) is 17.7 Å². The van der Waals surface area contributed by atoms with Gasteiger partial charge in [-0.3, -0.25) is 0 Å². The van der Waals surface area contributed by atoms with E-state index in [2.05, 4.69) is 5.32 Å². The van der Waals surface area contributed by atoms with E-state index >= 15 is 0 Å². The summed E-state index contributed by atoms with van der Waals surface area (Å²) >= 11 is 5.15. The molecule has 0 aromatic heterocycles. The Morgan fingerprint density at radius 3 is 2.13 bits per heavy atom. The minimum atomic E-state index is -1.46. The Labute approximate surface area is 88.4 Å². The number of anilines is 1. The van der Waals surface area contributed by atoms with Gasteiger partial charge in [0.25, 0.3) is 0 Å². The average molecular weight is 240 g/mol. The van der Waals surface area contributed by atoms with Crippen molar-refractivity contribution in [3.8, 4) is 0 Å². The van der Waals surface area contributed by atoms with E-state index in [-0.39, 0.29) is 12.6 Å². The zero-order valence-corrected chi connectivity index (χ0v) is 8.08. The number of nitrogens with one attached hydrogen (secondary N) is 1. The predicted molar refractivity (Wildman–Crippen MR) is 49.8 cm³/mol. The third-order valence-corrected chi connectivity index (χ3v) is 1.78. The molecule has 1 aromatic rings. The maximum atomic E-state index is 13.0. The maximum absolute atomic E-state index is 13.0. The molecule has 0 aliphatic rings. The zero-order valence-electron chi connectivity index (χ0n) is 7.33. The van der Waals surface area contributed by atoms with Crippen LogP contribution in [0.15, 0.2) is 17.7 Å². The van der Waals surface area contributed by atoms with Crippen LogP contribution >= 0.6 is 11.6 Å². The fraction of sp³-hybridized carbons (Fsp3) is 0.111. The lowest BCUT2D eigenvalue weighted by molar-refractivity contribution is 0.458. The van der Waals surface area contributed by atoms with E-state index in [1.165, 1.54) is 6.08 Å². The van der Waals surface area contributed by atoms with E-state index in [4.69, 9.17) is 11.6 Å². The van der Waals surface area contributed by atoms with Crippen LogP contribution in [0.25, 0.3) is 0 Å². The van der Waals surface area contributed by atoms with Gasteiger partial charge in [0.2, 0.25) is 0 Å². The molecule has 0 heterocycles. The molecule has 1 rings (SSSR count). The van der Waals surface area contributed by atoms with Crippen molar-refractivity contribution in [1.29, 1.82) is 0 Å². The molecule has 0 atom stereocenters. The SMILES string of the molecule is Fc1cc(F)c(F)c(NC/C=C/Cl)c1F. The lowest BCUT2D eigenvalue weighted by Gasteiger charge is -2.07. The van der Waals surface area contributed by atoms with E-state index in [1.54, 1.807) is 0 Å². The van der Waals surface area contributed by atoms with Crippen LogP contribution in [-0.4, -0.2) is 6.54 Å². The highest BCUT2D eigenvalue weighted by Crippen LogP contribution is 2.23. The van der Waals surface area contributed by atoms with Gasteiger partial charge < -0.3 is 5.32 Å². The summed E-state index contributed by atoms with van der Waals surface area (Å²) in [5.74, 6) is -5.83. The maximum Gasteiger partial charge on any atom is 0.185 e. The minimum absolute atomic E-state index is 0.0414. The molecule has 0 saturated heterocycles. The van der Waals surface area contributed by atoms with Crippen molar-refractivity contribution in [1.82, 2.24) is 0 Å². The molecular weight excluding hydrogens is 234 g/mol. The second kappa shape index (κ2) is 5.02. The van der Waals surface area contributed by atoms with Gasteiger partial charge in [0.15, 0.2) is 23.3 Å². The van der Waals surface area contributed by atoms with Crippen molar-refractivity contribution >= 4 is 17.3 Å². The fourth-order valence-corrected chi connectivity index (χ4v) is 1.02. The molecule has 0 aliphatic heterocycles. The van der Waals surface area contributed by atoms with Crippen LogP contribution in [0.3, 0.4) is 0 Å². The fourth-order valence-electron chi connectivity index (χ4n) is 0.934. The van der Waals surface area contributed by atoms with Gasteiger partial charge in [-0.2, -0.15) is 0 Å². The summed E-state index contributed by atoms with van der Waals surface area (Å²) in [5, 5.41) is 2.16. The summed E-state index contributed by atoms with van der Waals surface area (Å²) in [5.41, 5.74) is 0.264. The molecule has 0 spiro atoms. The molecule has 0 unspecified atom stereocenters. The third kappa shape index (κ3) is 2.62. The molecule has 1 aromatic carbocycles. The summed E-state index contributed by atoms with van der Waals surface area (Å²) in [4.78, 5) is 0. The Hall–Kier alpha value is -1.23. The van der Waals surface area contributed by atoms with Crippen molar-refractivity contribution in [2.45, 2.75) is 0 Å². The summed E-state index contributed by atoms with van der Waals surface area (Å²) in [7, 11) is 0. The van der Waals surface area contributed by atoms with Gasteiger partial charge in [-0.05, 0) is 0 Å². The topological polar surface area (TPSA) is 12.0 Å². The van der Waals surface area contributed by atoms with Crippen LogP contribution in [0.1, 0.15) is 0 Å². The second-order valence-electron chi connectivity index (χ2n) is 2.59. The van der Waals surface area contributed by atoms with E-state index in [9.17, 15) is 17.6 Å². The molecule has 0 amide bonds. The molecule has 1 nitrogen and oxygen atoms in total. The molecule has 0 aliphatic carbocycles. The van der Waals surface area contributed by atoms with Gasteiger partial charge in [0.05, 0.1) is 0 Å². The van der Waals surface area contributed by atoms with Crippen LogP contribution in [0.5, 0.6) is 0 Å². The van der Waals surface area contributed by atoms with E-state index in [0.717, 1.165) is 5.54 Å². The normalized spacial score (nSPS) is 11.0. The first-order chi connectivity index (χ1) is 7.07. The van der Waals surface area contributed by atoms with Crippen LogP contribution in [0, 0.1) is 23.3 Å². The van der Waals surface area contributed by atoms with Crippen LogP contribution in [0.4, 0.5) is 23.2 Å². The third-order valence-electron chi connectivity index (χ3n) is 1.60. The van der Waals surface area contributed by atoms with E-state index in [1.807, 2.05) is 0 Å². The van der Waals surface area contributed by atoms with Crippen molar-refractivity contribution in [3.63, 3.8) is 0 Å². The van der Waals surface area contributed by atoms with Gasteiger partial charge in [-0.15, -0.1) is 0 Å². The first kappa shape index (κ1) is 11.8. The quantitative estimate of drug-likeness (QED) is 0.630. The molecule has 0 saturated carbocycles. The van der Waals surface area contributed by atoms with Gasteiger partial charge in [-0.25, -0.2) is 17.6 Å². The Bertz CT molecular complexity index is 366. The molecule has 15 heavy (non-hydrogen) atoms. The standard InChI is InChI=1S/C9H6ClF4N/c10-2-1-3-15-9-7(13)5(11)4-6(12)8(9)14/h1-2,4,15H,3H2/b2-1+. The van der Waals surface area contributed by atoms with Crippen molar-refractivity contribution in [2.24, 2.45) is 0 Å². The molecule has 1 N–H and O–H groups in total. The zero-order chi connectivity index (χ0) is 11.4. The summed E-state index contributed by atoms with van der Waals surface area (Å²) < 4.78 is 51.3. The molecule has 0 bridgehead atoms. The van der Waals surface area contributed by atoms with E-state index in [0.29, 0.717) is 0 Å². The lowest BCUT2D eigenvalue weighted by Crippen LogP contribution is -2.06. The number of hydrogen-bond acceptors (Lipinski definition) is 1. The summed E-state index contributed by atoms with van der Waals surface area (Å²) in [6.07, 6.45) is 1.32. The van der Waals surface area contributed by atoms with Crippen molar-refractivity contribution in [2.75, 3.05) is 11.9 Å². The molecule has 82 valence electrons. The van der Waals surface area contributed by atoms with Gasteiger partial charge in [0.1, 0.15) is 5.69 Å². The van der Waals surface area contributed by atoms with Crippen LogP contribution < -0.4 is 5.32 Å². The van der Waals surface area contributed by atoms with Crippen LogP contribution in [0.2, 0.25) is 0 Å².